The molecule has 1 amide bonds. The molecular formula is C15H13FN4O2S. The van der Waals surface area contributed by atoms with Gasteiger partial charge in [0.05, 0.1) is 5.71 Å². The Hall–Kier alpha value is -2.35. The number of anilines is 1. The van der Waals surface area contributed by atoms with E-state index < -0.39 is 6.10 Å². The monoisotopic (exact) mass is 332 g/mol. The van der Waals surface area contributed by atoms with Crippen LogP contribution in [-0.2, 0) is 9.63 Å². The Kier molecular flexibility index (Phi) is 3.53. The highest BCUT2D eigenvalue weighted by Crippen LogP contribution is 2.42. The molecule has 2 heterocycles. The minimum Gasteiger partial charge on any atom is -0.382 e. The average molecular weight is 332 g/mol. The molecule has 6 nitrogen and oxygen atoms in total. The molecule has 1 unspecified atom stereocenters. The van der Waals surface area contributed by atoms with Crippen LogP contribution >= 0.6 is 11.3 Å². The van der Waals surface area contributed by atoms with Crippen molar-refractivity contribution >= 4 is 28.1 Å². The van der Waals surface area contributed by atoms with Crippen LogP contribution in [0.1, 0.15) is 35.8 Å². The molecule has 1 fully saturated rings. The number of carbonyl (C=O) groups excluding carboxylic acids is 1. The average Bonchev–Trinajstić information content (AvgIpc) is 3.09. The number of carbonyl (C=O) groups is 1. The Bertz CT molecular complexity index is 787. The molecule has 2 aromatic rings. The van der Waals surface area contributed by atoms with Crippen LogP contribution in [-0.4, -0.2) is 27.9 Å². The second-order valence-electron chi connectivity index (χ2n) is 5.56. The molecule has 0 saturated heterocycles. The molecule has 0 radical (unpaired) electrons. The van der Waals surface area contributed by atoms with E-state index in [0.717, 1.165) is 17.8 Å². The smallest absolute Gasteiger partial charge is 0.270 e. The number of aromatic nitrogens is 2. The first-order valence-corrected chi connectivity index (χ1v) is 8.13. The predicted molar refractivity (Wildman–Crippen MR) is 82.9 cm³/mol. The van der Waals surface area contributed by atoms with Crippen molar-refractivity contribution in [3.8, 4) is 0 Å². The van der Waals surface area contributed by atoms with Gasteiger partial charge in [-0.2, -0.15) is 0 Å². The highest BCUT2D eigenvalue weighted by molar-refractivity contribution is 7.15. The molecule has 1 atom stereocenters. The van der Waals surface area contributed by atoms with Crippen molar-refractivity contribution in [2.45, 2.75) is 31.3 Å². The third kappa shape index (κ3) is 3.07. The summed E-state index contributed by atoms with van der Waals surface area (Å²) in [7, 11) is 0. The van der Waals surface area contributed by atoms with Gasteiger partial charge >= 0.3 is 0 Å². The Morgan fingerprint density at radius 3 is 3.00 bits per heavy atom. The van der Waals surface area contributed by atoms with Gasteiger partial charge in [-0.15, -0.1) is 10.2 Å². The number of nitrogens with one attached hydrogen (secondary N) is 1. The van der Waals surface area contributed by atoms with Crippen LogP contribution in [0.3, 0.4) is 0 Å². The van der Waals surface area contributed by atoms with Crippen molar-refractivity contribution in [3.05, 3.63) is 40.7 Å². The summed E-state index contributed by atoms with van der Waals surface area (Å²) in [5, 5.41) is 16.1. The Labute approximate surface area is 135 Å². The van der Waals surface area contributed by atoms with Gasteiger partial charge in [-0.1, -0.05) is 28.6 Å². The summed E-state index contributed by atoms with van der Waals surface area (Å²) in [5.41, 5.74) is 1.17. The van der Waals surface area contributed by atoms with E-state index >= 15 is 0 Å². The molecule has 1 aliphatic carbocycles. The highest BCUT2D eigenvalue weighted by atomic mass is 32.1. The third-order valence-corrected chi connectivity index (χ3v) is 4.72. The third-order valence-electron chi connectivity index (χ3n) is 3.72. The van der Waals surface area contributed by atoms with Crippen molar-refractivity contribution in [3.63, 3.8) is 0 Å². The van der Waals surface area contributed by atoms with Gasteiger partial charge in [0, 0.05) is 17.9 Å². The minimum absolute atomic E-state index is 0.295. The molecule has 4 rings (SSSR count). The summed E-state index contributed by atoms with van der Waals surface area (Å²) in [5.74, 6) is -0.165. The number of hydrogen-bond donors (Lipinski definition) is 1. The van der Waals surface area contributed by atoms with Gasteiger partial charge in [0.15, 0.2) is 0 Å². The number of hydrogen-bond acceptors (Lipinski definition) is 6. The van der Waals surface area contributed by atoms with E-state index in [4.69, 9.17) is 4.84 Å². The van der Waals surface area contributed by atoms with Gasteiger partial charge in [-0.25, -0.2) is 4.39 Å². The summed E-state index contributed by atoms with van der Waals surface area (Å²) in [4.78, 5) is 17.4. The number of oxime groups is 1. The van der Waals surface area contributed by atoms with Gasteiger partial charge in [0.1, 0.15) is 10.8 Å². The Morgan fingerprint density at radius 1 is 1.35 bits per heavy atom. The summed E-state index contributed by atoms with van der Waals surface area (Å²) in [6.07, 6.45) is 1.84. The number of nitrogens with zero attached hydrogens (tertiary/aromatic N) is 3. The van der Waals surface area contributed by atoms with Crippen molar-refractivity contribution in [1.82, 2.24) is 10.2 Å². The standard InChI is InChI=1S/C15H13FN4O2S/c16-10-3-1-2-9(6-10)11-7-12(22-20-11)13(21)17-15-19-18-14(23-15)8-4-5-8/h1-3,6,8,12H,4-5,7H2,(H,17,19,21). The molecule has 118 valence electrons. The van der Waals surface area contributed by atoms with E-state index in [-0.39, 0.29) is 11.7 Å². The largest absolute Gasteiger partial charge is 0.382 e. The van der Waals surface area contributed by atoms with Crippen LogP contribution in [0.2, 0.25) is 0 Å². The van der Waals surface area contributed by atoms with E-state index in [1.54, 1.807) is 12.1 Å². The molecule has 2 aliphatic rings. The molecule has 1 aromatic carbocycles. The zero-order valence-corrected chi connectivity index (χ0v) is 12.8. The molecule has 1 aliphatic heterocycles. The molecule has 23 heavy (non-hydrogen) atoms. The fourth-order valence-electron chi connectivity index (χ4n) is 2.32. The van der Waals surface area contributed by atoms with E-state index in [9.17, 15) is 9.18 Å². The maximum Gasteiger partial charge on any atom is 0.270 e. The highest BCUT2D eigenvalue weighted by Gasteiger charge is 2.31. The van der Waals surface area contributed by atoms with E-state index in [1.165, 1.54) is 23.5 Å². The Balaban J connectivity index is 1.38. The first-order valence-electron chi connectivity index (χ1n) is 7.32. The number of amides is 1. The quantitative estimate of drug-likeness (QED) is 0.934. The first kappa shape index (κ1) is 14.3. The lowest BCUT2D eigenvalue weighted by molar-refractivity contribution is -0.125. The normalized spacial score (nSPS) is 20.0. The van der Waals surface area contributed by atoms with Crippen LogP contribution in [0.5, 0.6) is 0 Å². The number of halogens is 1. The van der Waals surface area contributed by atoms with Crippen LogP contribution in [0, 0.1) is 5.82 Å². The molecule has 1 N–H and O–H groups in total. The number of rotatable bonds is 4. The van der Waals surface area contributed by atoms with Gasteiger partial charge in [-0.05, 0) is 25.0 Å². The molecule has 1 saturated carbocycles. The molecular weight excluding hydrogens is 319 g/mol. The fraction of sp³-hybridized carbons (Fsp3) is 0.333. The fourth-order valence-corrected chi connectivity index (χ4v) is 3.24. The Morgan fingerprint density at radius 2 is 2.22 bits per heavy atom. The summed E-state index contributed by atoms with van der Waals surface area (Å²) in [6, 6.07) is 6.06. The van der Waals surface area contributed by atoms with Crippen molar-refractivity contribution in [1.29, 1.82) is 0 Å². The molecule has 0 spiro atoms. The van der Waals surface area contributed by atoms with E-state index in [1.807, 2.05) is 0 Å². The maximum absolute atomic E-state index is 13.2. The zero-order chi connectivity index (χ0) is 15.8. The van der Waals surface area contributed by atoms with Gasteiger partial charge in [-0.3, -0.25) is 10.1 Å². The van der Waals surface area contributed by atoms with Crippen molar-refractivity contribution in [2.24, 2.45) is 5.16 Å². The second-order valence-corrected chi connectivity index (χ2v) is 6.56. The molecule has 0 bridgehead atoms. The summed E-state index contributed by atoms with van der Waals surface area (Å²) >= 11 is 1.39. The predicted octanol–water partition coefficient (Wildman–Crippen LogP) is 2.69. The van der Waals surface area contributed by atoms with Crippen LogP contribution < -0.4 is 5.32 Å². The van der Waals surface area contributed by atoms with Gasteiger partial charge in [0.25, 0.3) is 5.91 Å². The lowest BCUT2D eigenvalue weighted by atomic mass is 10.0. The molecule has 8 heteroatoms. The van der Waals surface area contributed by atoms with Gasteiger partial charge in [0.2, 0.25) is 11.2 Å². The van der Waals surface area contributed by atoms with Crippen LogP contribution in [0.15, 0.2) is 29.4 Å². The molecule has 1 aromatic heterocycles. The summed E-state index contributed by atoms with van der Waals surface area (Å²) < 4.78 is 13.2. The topological polar surface area (TPSA) is 76.5 Å². The first-order chi connectivity index (χ1) is 11.2. The van der Waals surface area contributed by atoms with E-state index in [2.05, 4.69) is 20.7 Å². The van der Waals surface area contributed by atoms with Crippen molar-refractivity contribution < 1.29 is 14.0 Å². The number of benzene rings is 1. The van der Waals surface area contributed by atoms with Gasteiger partial charge < -0.3 is 4.84 Å². The second kappa shape index (κ2) is 5.69. The van der Waals surface area contributed by atoms with Crippen LogP contribution in [0.4, 0.5) is 9.52 Å². The van der Waals surface area contributed by atoms with E-state index in [0.29, 0.717) is 28.7 Å². The SMILES string of the molecule is O=C(Nc1nnc(C2CC2)s1)C1CC(c2cccc(F)c2)=NO1. The lowest BCUT2D eigenvalue weighted by Gasteiger charge is -2.06. The zero-order valence-electron chi connectivity index (χ0n) is 12.0. The lowest BCUT2D eigenvalue weighted by Crippen LogP contribution is -2.28. The van der Waals surface area contributed by atoms with Crippen molar-refractivity contribution in [2.75, 3.05) is 5.32 Å². The summed E-state index contributed by atoms with van der Waals surface area (Å²) in [6.45, 7) is 0. The van der Waals surface area contributed by atoms with Crippen LogP contribution in [0.25, 0.3) is 0 Å². The maximum atomic E-state index is 13.2. The minimum atomic E-state index is -0.735.